The molecule has 0 aliphatic heterocycles. The average Bonchev–Trinajstić information content (AvgIpc) is 3.15. The number of aromatic nitrogens is 3. The van der Waals surface area contributed by atoms with Gasteiger partial charge in [-0.15, -0.1) is 0 Å². The number of nitrogens with two attached hydrogens (primary N) is 1. The summed E-state index contributed by atoms with van der Waals surface area (Å²) in [5.41, 5.74) is 5.19. The van der Waals surface area contributed by atoms with Crippen LogP contribution in [0.15, 0.2) is 36.7 Å². The molecule has 0 amide bonds. The first kappa shape index (κ1) is 19.7. The van der Waals surface area contributed by atoms with Crippen LogP contribution in [0, 0.1) is 22.7 Å². The summed E-state index contributed by atoms with van der Waals surface area (Å²) in [6.07, 6.45) is -1.62. The van der Waals surface area contributed by atoms with Crippen LogP contribution in [-0.4, -0.2) is 21.4 Å². The van der Waals surface area contributed by atoms with Crippen LogP contribution >= 0.6 is 0 Å². The van der Waals surface area contributed by atoms with E-state index >= 15 is 0 Å². The van der Waals surface area contributed by atoms with Gasteiger partial charge in [0, 0.05) is 5.56 Å². The lowest BCUT2D eigenvalue weighted by Gasteiger charge is -2.14. The molecule has 29 heavy (non-hydrogen) atoms. The maximum Gasteiger partial charge on any atom is 0.416 e. The Kier molecular flexibility index (Phi) is 5.11. The second-order valence-corrected chi connectivity index (χ2v) is 5.80. The summed E-state index contributed by atoms with van der Waals surface area (Å²) in [5.74, 6) is 0.284. The van der Waals surface area contributed by atoms with Gasteiger partial charge in [-0.05, 0) is 24.6 Å². The number of nitrogens with zero attached hydrogens (tertiary/aromatic N) is 5. The molecule has 7 nitrogen and oxygen atoms in total. The average molecular weight is 398 g/mol. The number of anilines is 1. The molecule has 2 aromatic heterocycles. The van der Waals surface area contributed by atoms with E-state index in [-0.39, 0.29) is 33.9 Å². The quantitative estimate of drug-likeness (QED) is 0.717. The Balaban J connectivity index is 2.24. The number of nitrogen functional groups attached to an aromatic ring is 1. The second-order valence-electron chi connectivity index (χ2n) is 5.80. The molecule has 3 aromatic rings. The molecule has 0 saturated heterocycles. The molecule has 0 spiro atoms. The fourth-order valence-electron chi connectivity index (χ4n) is 2.75. The van der Waals surface area contributed by atoms with Gasteiger partial charge in [-0.1, -0.05) is 12.1 Å². The summed E-state index contributed by atoms with van der Waals surface area (Å²) in [6.45, 7) is 2.19. The Morgan fingerprint density at radius 2 is 1.79 bits per heavy atom. The molecule has 0 unspecified atom stereocenters. The summed E-state index contributed by atoms with van der Waals surface area (Å²) in [4.78, 5) is 4.10. The predicted molar refractivity (Wildman–Crippen MR) is 96.8 cm³/mol. The van der Waals surface area contributed by atoms with Crippen molar-refractivity contribution in [2.45, 2.75) is 13.1 Å². The zero-order chi connectivity index (χ0) is 21.2. The highest BCUT2D eigenvalue weighted by Crippen LogP contribution is 2.36. The van der Waals surface area contributed by atoms with Gasteiger partial charge < -0.3 is 10.5 Å². The highest BCUT2D eigenvalue weighted by atomic mass is 19.4. The minimum atomic E-state index is -4.51. The van der Waals surface area contributed by atoms with Gasteiger partial charge >= 0.3 is 6.18 Å². The number of benzene rings is 1. The molecule has 3 rings (SSSR count). The molecule has 0 atom stereocenters. The topological polar surface area (TPSA) is 114 Å². The number of nitriles is 2. The van der Waals surface area contributed by atoms with Crippen LogP contribution in [0.1, 0.15) is 23.6 Å². The number of pyridine rings is 1. The van der Waals surface area contributed by atoms with Crippen LogP contribution in [0.4, 0.5) is 19.0 Å². The van der Waals surface area contributed by atoms with Gasteiger partial charge in [0.05, 0.1) is 24.6 Å². The van der Waals surface area contributed by atoms with Crippen molar-refractivity contribution in [2.75, 3.05) is 12.3 Å². The van der Waals surface area contributed by atoms with E-state index in [9.17, 15) is 23.7 Å². The molecule has 146 valence electrons. The number of hydrogen-bond donors (Lipinski definition) is 1. The van der Waals surface area contributed by atoms with E-state index in [0.29, 0.717) is 12.4 Å². The van der Waals surface area contributed by atoms with Crippen LogP contribution in [0.2, 0.25) is 0 Å². The van der Waals surface area contributed by atoms with E-state index in [2.05, 4.69) is 10.1 Å². The van der Waals surface area contributed by atoms with E-state index in [1.54, 1.807) is 6.92 Å². The van der Waals surface area contributed by atoms with Gasteiger partial charge in [0.1, 0.15) is 29.1 Å². The third-order valence-corrected chi connectivity index (χ3v) is 4.02. The van der Waals surface area contributed by atoms with Crippen LogP contribution in [0.25, 0.3) is 16.9 Å². The molecule has 0 aliphatic carbocycles. The normalized spacial score (nSPS) is 11.0. The summed E-state index contributed by atoms with van der Waals surface area (Å²) < 4.78 is 45.2. The van der Waals surface area contributed by atoms with Crippen LogP contribution in [0.3, 0.4) is 0 Å². The first-order valence-electron chi connectivity index (χ1n) is 8.29. The summed E-state index contributed by atoms with van der Waals surface area (Å²) >= 11 is 0. The Bertz CT molecular complexity index is 1140. The van der Waals surface area contributed by atoms with Crippen LogP contribution in [-0.2, 0) is 6.18 Å². The number of rotatable bonds is 4. The first-order chi connectivity index (χ1) is 13.8. The fraction of sp³-hybridized carbons (Fsp3) is 0.158. The van der Waals surface area contributed by atoms with Gasteiger partial charge in [-0.25, -0.2) is 9.67 Å². The maximum absolute atomic E-state index is 12.9. The third-order valence-electron chi connectivity index (χ3n) is 4.02. The third kappa shape index (κ3) is 3.69. The Labute approximate surface area is 163 Å². The SMILES string of the molecule is CCOc1cnn(-c2nc(N)c(C#N)c(-c3ccc(C(F)(F)F)cc3)c2C#N)c1. The van der Waals surface area contributed by atoms with E-state index in [0.717, 1.165) is 12.1 Å². The van der Waals surface area contributed by atoms with Crippen molar-refractivity contribution >= 4 is 5.82 Å². The molecule has 0 bridgehead atoms. The highest BCUT2D eigenvalue weighted by molar-refractivity contribution is 5.83. The Hall–Kier alpha value is -4.05. The minimum Gasteiger partial charge on any atom is -0.491 e. The number of hydrogen-bond acceptors (Lipinski definition) is 6. The van der Waals surface area contributed by atoms with Crippen molar-refractivity contribution in [1.29, 1.82) is 10.5 Å². The van der Waals surface area contributed by atoms with Gasteiger partial charge in [-0.3, -0.25) is 0 Å². The van der Waals surface area contributed by atoms with E-state index in [4.69, 9.17) is 10.5 Å². The van der Waals surface area contributed by atoms with Crippen molar-refractivity contribution in [3.8, 4) is 34.8 Å². The maximum atomic E-state index is 12.9. The van der Waals surface area contributed by atoms with E-state index in [1.165, 1.54) is 29.2 Å². The van der Waals surface area contributed by atoms with Gasteiger partial charge in [0.25, 0.3) is 0 Å². The summed E-state index contributed by atoms with van der Waals surface area (Å²) in [5, 5.41) is 23.3. The highest BCUT2D eigenvalue weighted by Gasteiger charge is 2.30. The standard InChI is InChI=1S/C19H13F3N6O/c1-2-29-13-9-26-28(10-13)18-15(8-24)16(14(7-23)17(25)27-18)11-3-5-12(6-4-11)19(20,21)22/h3-6,9-10H,2H2,1H3,(H2,25,27). The zero-order valence-corrected chi connectivity index (χ0v) is 15.0. The summed E-state index contributed by atoms with van der Waals surface area (Å²) in [7, 11) is 0. The van der Waals surface area contributed by atoms with Crippen molar-refractivity contribution in [3.05, 3.63) is 53.3 Å². The summed E-state index contributed by atoms with van der Waals surface area (Å²) in [6, 6.07) is 7.92. The molecule has 0 saturated carbocycles. The molecular formula is C19H13F3N6O. The molecule has 2 heterocycles. The van der Waals surface area contributed by atoms with Gasteiger partial charge in [0.15, 0.2) is 11.6 Å². The lowest BCUT2D eigenvalue weighted by atomic mass is 9.95. The molecule has 1 aromatic carbocycles. The molecule has 2 N–H and O–H groups in total. The molecular weight excluding hydrogens is 385 g/mol. The molecule has 0 fully saturated rings. The second kappa shape index (κ2) is 7.52. The lowest BCUT2D eigenvalue weighted by Crippen LogP contribution is -2.09. The Morgan fingerprint density at radius 3 is 2.34 bits per heavy atom. The van der Waals surface area contributed by atoms with Crippen LogP contribution in [0.5, 0.6) is 5.75 Å². The van der Waals surface area contributed by atoms with Crippen molar-refractivity contribution in [3.63, 3.8) is 0 Å². The fourth-order valence-corrected chi connectivity index (χ4v) is 2.75. The first-order valence-corrected chi connectivity index (χ1v) is 8.29. The van der Waals surface area contributed by atoms with Crippen LogP contribution < -0.4 is 10.5 Å². The molecule has 10 heteroatoms. The lowest BCUT2D eigenvalue weighted by molar-refractivity contribution is -0.137. The van der Waals surface area contributed by atoms with Crippen molar-refractivity contribution in [2.24, 2.45) is 0 Å². The van der Waals surface area contributed by atoms with E-state index in [1.807, 2.05) is 12.1 Å². The number of ether oxygens (including phenoxy) is 1. The predicted octanol–water partition coefficient (Wildman–Crippen LogP) is 3.68. The van der Waals surface area contributed by atoms with E-state index < -0.39 is 11.7 Å². The molecule has 0 aliphatic rings. The van der Waals surface area contributed by atoms with Crippen molar-refractivity contribution in [1.82, 2.24) is 14.8 Å². The van der Waals surface area contributed by atoms with Gasteiger partial charge in [0.2, 0.25) is 0 Å². The zero-order valence-electron chi connectivity index (χ0n) is 15.0. The monoisotopic (exact) mass is 398 g/mol. The smallest absolute Gasteiger partial charge is 0.416 e. The number of halogens is 3. The van der Waals surface area contributed by atoms with Crippen molar-refractivity contribution < 1.29 is 17.9 Å². The number of alkyl halides is 3. The van der Waals surface area contributed by atoms with Gasteiger partial charge in [-0.2, -0.15) is 28.8 Å². The Morgan fingerprint density at radius 1 is 1.14 bits per heavy atom. The molecule has 0 radical (unpaired) electrons. The largest absolute Gasteiger partial charge is 0.491 e. The minimum absolute atomic E-state index is 0.0323.